The first-order chi connectivity index (χ1) is 22.6. The van der Waals surface area contributed by atoms with E-state index >= 15 is 4.39 Å². The SMILES string of the molecule is CCCCCCOC1CCC(c2ccc(-c3ccc(-c4cc(F)c(C(F)(F)Oc5ccc(C#N)c(F)c5)c(F)c4)c(F)c3)cc2)CC1. The van der Waals surface area contributed by atoms with Crippen LogP contribution in [0, 0.1) is 34.6 Å². The average molecular weight is 652 g/mol. The lowest BCUT2D eigenvalue weighted by atomic mass is 9.82. The zero-order valence-corrected chi connectivity index (χ0v) is 26.0. The Balaban J connectivity index is 1.24. The summed E-state index contributed by atoms with van der Waals surface area (Å²) >= 11 is 0. The van der Waals surface area contributed by atoms with Gasteiger partial charge >= 0.3 is 6.11 Å². The van der Waals surface area contributed by atoms with E-state index in [1.165, 1.54) is 43.0 Å². The second-order valence-electron chi connectivity index (χ2n) is 11.9. The first-order valence-corrected chi connectivity index (χ1v) is 15.9. The van der Waals surface area contributed by atoms with Gasteiger partial charge in [-0.1, -0.05) is 62.6 Å². The molecular formula is C38H35F6NO2. The van der Waals surface area contributed by atoms with Crippen LogP contribution in [0.3, 0.4) is 0 Å². The van der Waals surface area contributed by atoms with Crippen LogP contribution in [-0.2, 0) is 10.8 Å². The number of hydrogen-bond acceptors (Lipinski definition) is 3. The maximum Gasteiger partial charge on any atom is 0.432 e. The lowest BCUT2D eigenvalue weighted by Gasteiger charge is -2.29. The maximum absolute atomic E-state index is 15.3. The van der Waals surface area contributed by atoms with E-state index in [1.54, 1.807) is 6.07 Å². The van der Waals surface area contributed by atoms with Crippen LogP contribution in [0.15, 0.2) is 72.8 Å². The quantitative estimate of drug-likeness (QED) is 0.113. The molecule has 0 spiro atoms. The number of nitrogens with zero attached hydrogens (tertiary/aromatic N) is 1. The standard InChI is InChI=1S/C38H35F6NO2/c1-2-3-4-5-18-46-30-14-10-25(11-15-30)24-6-8-26(9-7-24)27-13-17-32(34(40)19-27)29-20-35(41)37(36(42)21-29)38(43,44)47-31-16-12-28(23-45)33(39)22-31/h6-9,12-13,16-17,19-22,25,30H,2-5,10-11,14-15,18H2,1H3. The first kappa shape index (κ1) is 34.1. The van der Waals surface area contributed by atoms with Gasteiger partial charge in [-0.25, -0.2) is 17.6 Å². The molecule has 0 aliphatic heterocycles. The van der Waals surface area contributed by atoms with Gasteiger partial charge in [0.15, 0.2) is 0 Å². The number of alkyl halides is 2. The molecule has 0 unspecified atom stereocenters. The second kappa shape index (κ2) is 15.1. The third kappa shape index (κ3) is 8.17. The van der Waals surface area contributed by atoms with Crippen LogP contribution < -0.4 is 4.74 Å². The summed E-state index contributed by atoms with van der Waals surface area (Å²) < 4.78 is 99.0. The molecule has 47 heavy (non-hydrogen) atoms. The van der Waals surface area contributed by atoms with Crippen molar-refractivity contribution in [1.82, 2.24) is 0 Å². The smallest absolute Gasteiger partial charge is 0.429 e. The van der Waals surface area contributed by atoms with E-state index in [-0.39, 0.29) is 11.1 Å². The first-order valence-electron chi connectivity index (χ1n) is 15.9. The van der Waals surface area contributed by atoms with Crippen LogP contribution in [0.2, 0.25) is 0 Å². The summed E-state index contributed by atoms with van der Waals surface area (Å²) in [5, 5.41) is 8.79. The topological polar surface area (TPSA) is 42.2 Å². The number of benzene rings is 4. The van der Waals surface area contributed by atoms with Crippen molar-refractivity contribution >= 4 is 0 Å². The minimum atomic E-state index is -4.54. The Morgan fingerprint density at radius 1 is 0.723 bits per heavy atom. The molecule has 0 atom stereocenters. The Hall–Kier alpha value is -4.29. The van der Waals surface area contributed by atoms with Crippen LogP contribution in [0.5, 0.6) is 5.75 Å². The highest BCUT2D eigenvalue weighted by molar-refractivity contribution is 5.71. The Morgan fingerprint density at radius 3 is 2.00 bits per heavy atom. The predicted molar refractivity (Wildman–Crippen MR) is 168 cm³/mol. The van der Waals surface area contributed by atoms with Gasteiger partial charge in [0.1, 0.15) is 40.7 Å². The second-order valence-corrected chi connectivity index (χ2v) is 11.9. The highest BCUT2D eigenvalue weighted by atomic mass is 19.3. The number of ether oxygens (including phenoxy) is 2. The van der Waals surface area contributed by atoms with Crippen molar-refractivity contribution in [3.05, 3.63) is 113 Å². The number of hydrogen-bond donors (Lipinski definition) is 0. The monoisotopic (exact) mass is 651 g/mol. The fraction of sp³-hybridized carbons (Fsp3) is 0.342. The number of nitriles is 1. The third-order valence-electron chi connectivity index (χ3n) is 8.66. The molecule has 1 saturated carbocycles. The molecule has 3 nitrogen and oxygen atoms in total. The summed E-state index contributed by atoms with van der Waals surface area (Å²) in [5.41, 5.74) is -0.0899. The Labute approximate surface area is 270 Å². The van der Waals surface area contributed by atoms with Crippen molar-refractivity contribution in [2.24, 2.45) is 0 Å². The molecule has 1 aliphatic carbocycles. The Bertz CT molecular complexity index is 1700. The van der Waals surface area contributed by atoms with Crippen LogP contribution in [0.25, 0.3) is 22.3 Å². The van der Waals surface area contributed by atoms with Crippen molar-refractivity contribution in [3.8, 4) is 34.1 Å². The van der Waals surface area contributed by atoms with Gasteiger partial charge in [-0.2, -0.15) is 14.0 Å². The summed E-state index contributed by atoms with van der Waals surface area (Å²) in [6.07, 6.45) is 4.68. The molecule has 0 saturated heterocycles. The number of rotatable bonds is 12. The Kier molecular flexibility index (Phi) is 10.9. The molecule has 4 aromatic rings. The largest absolute Gasteiger partial charge is 0.432 e. The minimum Gasteiger partial charge on any atom is -0.429 e. The average Bonchev–Trinajstić information content (AvgIpc) is 3.04. The van der Waals surface area contributed by atoms with E-state index < -0.39 is 46.3 Å². The van der Waals surface area contributed by atoms with E-state index in [0.29, 0.717) is 35.8 Å². The molecule has 1 aliphatic rings. The fourth-order valence-electron chi connectivity index (χ4n) is 6.07. The Morgan fingerprint density at radius 2 is 1.38 bits per heavy atom. The minimum absolute atomic E-state index is 0.183. The van der Waals surface area contributed by atoms with Gasteiger partial charge in [-0.05, 0) is 90.6 Å². The fourth-order valence-corrected chi connectivity index (χ4v) is 6.07. The van der Waals surface area contributed by atoms with E-state index in [4.69, 9.17) is 10.00 Å². The van der Waals surface area contributed by atoms with Gasteiger partial charge in [0, 0.05) is 18.2 Å². The lowest BCUT2D eigenvalue weighted by Crippen LogP contribution is -2.25. The highest BCUT2D eigenvalue weighted by Crippen LogP contribution is 2.39. The molecule has 0 heterocycles. The van der Waals surface area contributed by atoms with Gasteiger partial charge in [-0.3, -0.25) is 0 Å². The molecule has 246 valence electrons. The van der Waals surface area contributed by atoms with Crippen molar-refractivity contribution in [2.75, 3.05) is 6.61 Å². The van der Waals surface area contributed by atoms with Crippen molar-refractivity contribution in [1.29, 1.82) is 5.26 Å². The summed E-state index contributed by atoms with van der Waals surface area (Å²) in [7, 11) is 0. The van der Waals surface area contributed by atoms with Crippen molar-refractivity contribution < 1.29 is 35.8 Å². The van der Waals surface area contributed by atoms with Crippen molar-refractivity contribution in [2.45, 2.75) is 76.4 Å². The number of halogens is 6. The molecular weight excluding hydrogens is 616 g/mol. The summed E-state index contributed by atoms with van der Waals surface area (Å²) in [6, 6.07) is 17.1. The summed E-state index contributed by atoms with van der Waals surface area (Å²) in [5.74, 6) is -5.59. The molecule has 0 amide bonds. The van der Waals surface area contributed by atoms with Gasteiger partial charge in [-0.15, -0.1) is 0 Å². The van der Waals surface area contributed by atoms with Gasteiger partial charge in [0.2, 0.25) is 0 Å². The molecule has 4 aromatic carbocycles. The summed E-state index contributed by atoms with van der Waals surface area (Å²) in [4.78, 5) is 0. The number of unbranched alkanes of at least 4 members (excludes halogenated alkanes) is 3. The third-order valence-corrected chi connectivity index (χ3v) is 8.66. The molecule has 0 aromatic heterocycles. The van der Waals surface area contributed by atoms with Gasteiger partial charge < -0.3 is 9.47 Å². The van der Waals surface area contributed by atoms with Gasteiger partial charge in [0.05, 0.1) is 11.7 Å². The van der Waals surface area contributed by atoms with Crippen LogP contribution in [0.4, 0.5) is 26.3 Å². The zero-order chi connectivity index (χ0) is 33.6. The van der Waals surface area contributed by atoms with E-state index in [1.807, 2.05) is 24.3 Å². The molecule has 0 radical (unpaired) electrons. The van der Waals surface area contributed by atoms with Crippen LogP contribution >= 0.6 is 0 Å². The van der Waals surface area contributed by atoms with Crippen molar-refractivity contribution in [3.63, 3.8) is 0 Å². The highest BCUT2D eigenvalue weighted by Gasteiger charge is 2.41. The van der Waals surface area contributed by atoms with Gasteiger partial charge in [0.25, 0.3) is 0 Å². The van der Waals surface area contributed by atoms with E-state index in [9.17, 15) is 22.0 Å². The molecule has 1 fully saturated rings. The molecule has 5 rings (SSSR count). The molecule has 0 bridgehead atoms. The lowest BCUT2D eigenvalue weighted by molar-refractivity contribution is -0.189. The molecule has 0 N–H and O–H groups in total. The molecule has 9 heteroatoms. The summed E-state index contributed by atoms with van der Waals surface area (Å²) in [6.45, 7) is 3.02. The van der Waals surface area contributed by atoms with Crippen LogP contribution in [-0.4, -0.2) is 12.7 Å². The zero-order valence-electron chi connectivity index (χ0n) is 26.0. The predicted octanol–water partition coefficient (Wildman–Crippen LogP) is 11.2. The maximum atomic E-state index is 15.3. The normalized spacial score (nSPS) is 16.6. The van der Waals surface area contributed by atoms with Crippen LogP contribution in [0.1, 0.15) is 80.9 Å². The van der Waals surface area contributed by atoms with E-state index in [0.717, 1.165) is 56.4 Å². The van der Waals surface area contributed by atoms with E-state index in [2.05, 4.69) is 11.7 Å².